The van der Waals surface area contributed by atoms with Gasteiger partial charge in [-0.05, 0) is 27.7 Å². The molecule has 1 rings (SSSR count). The van der Waals surface area contributed by atoms with Crippen molar-refractivity contribution in [2.24, 2.45) is 0 Å². The summed E-state index contributed by atoms with van der Waals surface area (Å²) in [6, 6.07) is 0. The van der Waals surface area contributed by atoms with Gasteiger partial charge in [-0.25, -0.2) is 9.78 Å². The zero-order chi connectivity index (χ0) is 10.2. The van der Waals surface area contributed by atoms with E-state index < -0.39 is 5.97 Å². The van der Waals surface area contributed by atoms with Gasteiger partial charge in [-0.15, -0.1) is 0 Å². The number of imidazole rings is 1. The second kappa shape index (κ2) is 2.87. The summed E-state index contributed by atoms with van der Waals surface area (Å²) in [5.74, 6) is -0.881. The molecule has 0 bridgehead atoms. The van der Waals surface area contributed by atoms with Crippen LogP contribution in [0, 0.1) is 6.92 Å². The third-order valence-electron chi connectivity index (χ3n) is 1.80. The lowest BCUT2D eigenvalue weighted by Crippen LogP contribution is -2.27. The van der Waals surface area contributed by atoms with Crippen LogP contribution in [0.4, 0.5) is 0 Å². The molecule has 0 aromatic carbocycles. The summed E-state index contributed by atoms with van der Waals surface area (Å²) in [5.41, 5.74) is 0.624. The van der Waals surface area contributed by atoms with Crippen molar-refractivity contribution < 1.29 is 9.90 Å². The zero-order valence-corrected chi connectivity index (χ0v) is 8.33. The summed E-state index contributed by atoms with van der Waals surface area (Å²) >= 11 is 0. The lowest BCUT2D eigenvalue weighted by Gasteiger charge is -2.23. The van der Waals surface area contributed by atoms with Gasteiger partial charge in [0.05, 0.1) is 0 Å². The second-order valence-electron chi connectivity index (χ2n) is 4.03. The van der Waals surface area contributed by atoms with Crippen LogP contribution in [0.1, 0.15) is 37.1 Å². The van der Waals surface area contributed by atoms with Gasteiger partial charge in [0.2, 0.25) is 5.82 Å². The van der Waals surface area contributed by atoms with E-state index in [2.05, 4.69) is 4.98 Å². The summed E-state index contributed by atoms with van der Waals surface area (Å²) in [4.78, 5) is 14.6. The summed E-state index contributed by atoms with van der Waals surface area (Å²) < 4.78 is 1.72. The van der Waals surface area contributed by atoms with E-state index in [1.165, 1.54) is 0 Å². The number of nitrogens with zero attached hydrogens (tertiary/aromatic N) is 2. The minimum Gasteiger partial charge on any atom is -0.475 e. The molecule has 0 unspecified atom stereocenters. The van der Waals surface area contributed by atoms with Crippen LogP contribution in [-0.2, 0) is 5.54 Å². The fraction of sp³-hybridized carbons (Fsp3) is 0.556. The molecular weight excluding hydrogens is 168 g/mol. The molecule has 0 atom stereocenters. The Morgan fingerprint density at radius 3 is 2.38 bits per heavy atom. The molecule has 0 fully saturated rings. The topological polar surface area (TPSA) is 55.1 Å². The van der Waals surface area contributed by atoms with Gasteiger partial charge >= 0.3 is 5.97 Å². The number of aryl methyl sites for hydroxylation is 1. The molecule has 0 aliphatic carbocycles. The monoisotopic (exact) mass is 182 g/mol. The first-order valence-corrected chi connectivity index (χ1v) is 4.12. The number of hydrogen-bond donors (Lipinski definition) is 1. The number of aromatic nitrogens is 2. The maximum Gasteiger partial charge on any atom is 0.372 e. The van der Waals surface area contributed by atoms with E-state index in [0.29, 0.717) is 0 Å². The number of carboxylic acids is 1. The van der Waals surface area contributed by atoms with Crippen LogP contribution < -0.4 is 0 Å². The molecule has 1 heterocycles. The van der Waals surface area contributed by atoms with Crippen molar-refractivity contribution in [2.45, 2.75) is 33.2 Å². The molecule has 0 saturated heterocycles. The summed E-state index contributed by atoms with van der Waals surface area (Å²) in [5, 5.41) is 8.86. The Kier molecular flexibility index (Phi) is 2.15. The fourth-order valence-corrected chi connectivity index (χ4v) is 1.43. The molecule has 0 aliphatic heterocycles. The molecule has 1 N–H and O–H groups in total. The maximum absolute atomic E-state index is 10.8. The summed E-state index contributed by atoms with van der Waals surface area (Å²) in [7, 11) is 0. The Labute approximate surface area is 77.2 Å². The van der Waals surface area contributed by atoms with Gasteiger partial charge in [0.15, 0.2) is 0 Å². The molecule has 13 heavy (non-hydrogen) atoms. The van der Waals surface area contributed by atoms with Crippen LogP contribution in [0.5, 0.6) is 0 Å². The fourth-order valence-electron chi connectivity index (χ4n) is 1.43. The first kappa shape index (κ1) is 9.77. The lowest BCUT2D eigenvalue weighted by atomic mass is 10.1. The Balaban J connectivity index is 3.33. The average Bonchev–Trinajstić information content (AvgIpc) is 2.28. The Bertz CT molecular complexity index is 334. The molecule has 0 radical (unpaired) electrons. The van der Waals surface area contributed by atoms with Gasteiger partial charge in [0.25, 0.3) is 0 Å². The van der Waals surface area contributed by atoms with Crippen molar-refractivity contribution >= 4 is 5.97 Å². The normalized spacial score (nSPS) is 11.7. The molecule has 0 spiro atoms. The molecule has 72 valence electrons. The van der Waals surface area contributed by atoms with Gasteiger partial charge in [-0.2, -0.15) is 0 Å². The third kappa shape index (κ3) is 1.71. The van der Waals surface area contributed by atoms with Crippen molar-refractivity contribution in [1.82, 2.24) is 9.55 Å². The quantitative estimate of drug-likeness (QED) is 0.718. The SMILES string of the molecule is Cc1cnc(C(=O)O)n1C(C)(C)C. The number of rotatable bonds is 1. The van der Waals surface area contributed by atoms with E-state index in [1.807, 2.05) is 27.7 Å². The first-order valence-electron chi connectivity index (χ1n) is 4.12. The highest BCUT2D eigenvalue weighted by Crippen LogP contribution is 2.19. The van der Waals surface area contributed by atoms with Crippen LogP contribution in [0.15, 0.2) is 6.20 Å². The number of aromatic carboxylic acids is 1. The smallest absolute Gasteiger partial charge is 0.372 e. The van der Waals surface area contributed by atoms with Crippen LogP contribution >= 0.6 is 0 Å². The van der Waals surface area contributed by atoms with Gasteiger partial charge in [0.1, 0.15) is 0 Å². The Hall–Kier alpha value is -1.32. The Morgan fingerprint density at radius 2 is 2.08 bits per heavy atom. The van der Waals surface area contributed by atoms with Crippen molar-refractivity contribution in [3.05, 3.63) is 17.7 Å². The number of hydrogen-bond acceptors (Lipinski definition) is 2. The molecular formula is C9H14N2O2. The average molecular weight is 182 g/mol. The highest BCUT2D eigenvalue weighted by Gasteiger charge is 2.23. The summed E-state index contributed by atoms with van der Waals surface area (Å²) in [6.45, 7) is 7.71. The summed E-state index contributed by atoms with van der Waals surface area (Å²) in [6.07, 6.45) is 1.58. The molecule has 0 saturated carbocycles. The van der Waals surface area contributed by atoms with Crippen LogP contribution in [0.3, 0.4) is 0 Å². The molecule has 1 aromatic rings. The molecule has 0 aliphatic rings. The van der Waals surface area contributed by atoms with Crippen molar-refractivity contribution in [1.29, 1.82) is 0 Å². The minimum atomic E-state index is -0.983. The van der Waals surface area contributed by atoms with E-state index in [9.17, 15) is 4.79 Å². The highest BCUT2D eigenvalue weighted by atomic mass is 16.4. The first-order chi connectivity index (χ1) is 5.84. The Morgan fingerprint density at radius 1 is 1.54 bits per heavy atom. The predicted octanol–water partition coefficient (Wildman–Crippen LogP) is 1.64. The van der Waals surface area contributed by atoms with E-state index in [4.69, 9.17) is 5.11 Å². The van der Waals surface area contributed by atoms with Crippen molar-refractivity contribution in [3.63, 3.8) is 0 Å². The van der Waals surface area contributed by atoms with Gasteiger partial charge in [-0.1, -0.05) is 0 Å². The maximum atomic E-state index is 10.8. The molecule has 4 heteroatoms. The minimum absolute atomic E-state index is 0.102. The number of carboxylic acid groups (broad SMARTS) is 1. The van der Waals surface area contributed by atoms with Gasteiger partial charge in [-0.3, -0.25) is 0 Å². The predicted molar refractivity (Wildman–Crippen MR) is 48.9 cm³/mol. The van der Waals surface area contributed by atoms with Crippen LogP contribution in [-0.4, -0.2) is 20.6 Å². The highest BCUT2D eigenvalue weighted by molar-refractivity contribution is 5.83. The molecule has 0 amide bonds. The zero-order valence-electron chi connectivity index (χ0n) is 8.33. The van der Waals surface area contributed by atoms with Crippen molar-refractivity contribution in [3.8, 4) is 0 Å². The second-order valence-corrected chi connectivity index (χ2v) is 4.03. The van der Waals surface area contributed by atoms with Crippen molar-refractivity contribution in [2.75, 3.05) is 0 Å². The standard InChI is InChI=1S/C9H14N2O2/c1-6-5-10-7(8(12)13)11(6)9(2,3)4/h5H,1-4H3,(H,12,13). The van der Waals surface area contributed by atoms with Crippen LogP contribution in [0.2, 0.25) is 0 Å². The van der Waals surface area contributed by atoms with Crippen LogP contribution in [0.25, 0.3) is 0 Å². The number of carbonyl (C=O) groups is 1. The lowest BCUT2D eigenvalue weighted by molar-refractivity contribution is 0.0670. The van der Waals surface area contributed by atoms with E-state index in [-0.39, 0.29) is 11.4 Å². The van der Waals surface area contributed by atoms with E-state index in [0.717, 1.165) is 5.69 Å². The molecule has 4 nitrogen and oxygen atoms in total. The van der Waals surface area contributed by atoms with E-state index >= 15 is 0 Å². The molecule has 1 aromatic heterocycles. The van der Waals surface area contributed by atoms with Gasteiger partial charge in [0, 0.05) is 17.4 Å². The van der Waals surface area contributed by atoms with Gasteiger partial charge < -0.3 is 9.67 Å². The third-order valence-corrected chi connectivity index (χ3v) is 1.80. The van der Waals surface area contributed by atoms with E-state index in [1.54, 1.807) is 10.8 Å². The largest absolute Gasteiger partial charge is 0.475 e.